The highest BCUT2D eigenvalue weighted by molar-refractivity contribution is 5.83. The Morgan fingerprint density at radius 3 is 2.42 bits per heavy atom. The van der Waals surface area contributed by atoms with Crippen molar-refractivity contribution in [1.29, 1.82) is 0 Å². The van der Waals surface area contributed by atoms with Crippen LogP contribution in [0.3, 0.4) is 0 Å². The first-order valence-electron chi connectivity index (χ1n) is 6.74. The highest BCUT2D eigenvalue weighted by atomic mass is 16.5. The quantitative estimate of drug-likeness (QED) is 0.765. The minimum atomic E-state index is -0.383. The van der Waals surface area contributed by atoms with Crippen LogP contribution in [0.4, 0.5) is 0 Å². The van der Waals surface area contributed by atoms with E-state index in [1.807, 2.05) is 25.7 Å². The second-order valence-electron chi connectivity index (χ2n) is 6.17. The van der Waals surface area contributed by atoms with Crippen LogP contribution in [-0.4, -0.2) is 61.5 Å². The summed E-state index contributed by atoms with van der Waals surface area (Å²) in [6.07, 6.45) is 0.663. The maximum Gasteiger partial charge on any atom is 0.227 e. The van der Waals surface area contributed by atoms with E-state index in [1.165, 1.54) is 0 Å². The van der Waals surface area contributed by atoms with Crippen LogP contribution in [0.2, 0.25) is 0 Å². The van der Waals surface area contributed by atoms with Gasteiger partial charge < -0.3 is 14.5 Å². The smallest absolute Gasteiger partial charge is 0.227 e. The van der Waals surface area contributed by atoms with Crippen molar-refractivity contribution in [3.63, 3.8) is 0 Å². The van der Waals surface area contributed by atoms with Gasteiger partial charge in [-0.3, -0.25) is 9.59 Å². The zero-order valence-corrected chi connectivity index (χ0v) is 12.9. The lowest BCUT2D eigenvalue weighted by molar-refractivity contribution is -0.140. The lowest BCUT2D eigenvalue weighted by atomic mass is 9.94. The Morgan fingerprint density at radius 2 is 2.00 bits per heavy atom. The lowest BCUT2D eigenvalue weighted by Crippen LogP contribution is -2.49. The molecule has 0 aromatic heterocycles. The number of ether oxygens (including phenoxy) is 1. The Labute approximate surface area is 115 Å². The molecule has 1 aliphatic heterocycles. The van der Waals surface area contributed by atoms with E-state index < -0.39 is 0 Å². The van der Waals surface area contributed by atoms with Crippen LogP contribution in [0.1, 0.15) is 27.2 Å². The topological polar surface area (TPSA) is 49.9 Å². The second-order valence-corrected chi connectivity index (χ2v) is 6.17. The molecule has 1 saturated heterocycles. The van der Waals surface area contributed by atoms with E-state index >= 15 is 0 Å². The molecule has 0 aliphatic carbocycles. The number of methoxy groups -OCH3 is 1. The molecule has 1 aliphatic rings. The average Bonchev–Trinajstić information content (AvgIpc) is 2.65. The normalized spacial score (nSPS) is 26.9. The third-order valence-electron chi connectivity index (χ3n) is 3.75. The predicted molar refractivity (Wildman–Crippen MR) is 73.6 cm³/mol. The number of rotatable bonds is 4. The van der Waals surface area contributed by atoms with Crippen LogP contribution in [-0.2, 0) is 14.3 Å². The summed E-state index contributed by atoms with van der Waals surface area (Å²) >= 11 is 0. The van der Waals surface area contributed by atoms with E-state index in [1.54, 1.807) is 26.1 Å². The SMILES string of the molecule is COC[C@]1(C)C[C@H](C(=O)N(C)C)CN1C(=O)C(C)C. The molecular weight excluding hydrogens is 244 g/mol. The number of hydrogen-bond acceptors (Lipinski definition) is 3. The van der Waals surface area contributed by atoms with Crippen molar-refractivity contribution in [3.8, 4) is 0 Å². The summed E-state index contributed by atoms with van der Waals surface area (Å²) in [7, 11) is 5.14. The first-order valence-corrected chi connectivity index (χ1v) is 6.74. The minimum Gasteiger partial charge on any atom is -0.382 e. The molecule has 0 aromatic rings. The Kier molecular flexibility index (Phi) is 4.96. The molecule has 1 fully saturated rings. The largest absolute Gasteiger partial charge is 0.382 e. The molecule has 0 N–H and O–H groups in total. The molecule has 0 spiro atoms. The van der Waals surface area contributed by atoms with Crippen molar-refractivity contribution >= 4 is 11.8 Å². The number of amides is 2. The van der Waals surface area contributed by atoms with Crippen LogP contribution >= 0.6 is 0 Å². The van der Waals surface area contributed by atoms with Crippen molar-refractivity contribution in [3.05, 3.63) is 0 Å². The molecule has 2 atom stereocenters. The predicted octanol–water partition coefficient (Wildman–Crippen LogP) is 0.984. The fourth-order valence-corrected chi connectivity index (χ4v) is 2.79. The molecular formula is C14H26N2O3. The summed E-state index contributed by atoms with van der Waals surface area (Å²) < 4.78 is 5.26. The molecule has 1 rings (SSSR count). The van der Waals surface area contributed by atoms with Gasteiger partial charge in [-0.1, -0.05) is 13.8 Å². The van der Waals surface area contributed by atoms with Gasteiger partial charge in [-0.15, -0.1) is 0 Å². The maximum absolute atomic E-state index is 12.3. The number of likely N-dealkylation sites (tertiary alicyclic amines) is 1. The van der Waals surface area contributed by atoms with Gasteiger partial charge in [0.25, 0.3) is 0 Å². The summed E-state index contributed by atoms with van der Waals surface area (Å²) in [6.45, 7) is 6.73. The summed E-state index contributed by atoms with van der Waals surface area (Å²) in [5.74, 6) is -0.0165. The van der Waals surface area contributed by atoms with E-state index in [9.17, 15) is 9.59 Å². The molecule has 0 bridgehead atoms. The third kappa shape index (κ3) is 3.26. The summed E-state index contributed by atoms with van der Waals surface area (Å²) in [5, 5.41) is 0. The fraction of sp³-hybridized carbons (Fsp3) is 0.857. The zero-order chi connectivity index (χ0) is 14.8. The fourth-order valence-electron chi connectivity index (χ4n) is 2.79. The zero-order valence-electron chi connectivity index (χ0n) is 12.9. The highest BCUT2D eigenvalue weighted by Gasteiger charge is 2.47. The third-order valence-corrected chi connectivity index (χ3v) is 3.75. The van der Waals surface area contributed by atoms with Gasteiger partial charge in [0.05, 0.1) is 18.1 Å². The minimum absolute atomic E-state index is 0.0654. The summed E-state index contributed by atoms with van der Waals surface area (Å²) in [4.78, 5) is 27.9. The molecule has 5 heteroatoms. The van der Waals surface area contributed by atoms with Crippen molar-refractivity contribution in [2.24, 2.45) is 11.8 Å². The molecule has 0 saturated carbocycles. The van der Waals surface area contributed by atoms with Crippen LogP contribution in [0, 0.1) is 11.8 Å². The molecule has 1 heterocycles. The Balaban J connectivity index is 2.94. The first-order chi connectivity index (χ1) is 8.73. The van der Waals surface area contributed by atoms with Gasteiger partial charge in [-0.05, 0) is 13.3 Å². The van der Waals surface area contributed by atoms with Gasteiger partial charge in [0.15, 0.2) is 0 Å². The van der Waals surface area contributed by atoms with Crippen molar-refractivity contribution in [2.75, 3.05) is 34.4 Å². The number of hydrogen-bond donors (Lipinski definition) is 0. The monoisotopic (exact) mass is 270 g/mol. The molecule has 2 amide bonds. The molecule has 5 nitrogen and oxygen atoms in total. The number of carbonyl (C=O) groups is 2. The highest BCUT2D eigenvalue weighted by Crippen LogP contribution is 2.35. The van der Waals surface area contributed by atoms with Crippen LogP contribution in [0.25, 0.3) is 0 Å². The van der Waals surface area contributed by atoms with Gasteiger partial charge >= 0.3 is 0 Å². The van der Waals surface area contributed by atoms with E-state index in [0.29, 0.717) is 19.6 Å². The van der Waals surface area contributed by atoms with Gasteiger partial charge in [0.2, 0.25) is 11.8 Å². The van der Waals surface area contributed by atoms with E-state index in [2.05, 4.69) is 0 Å². The molecule has 0 unspecified atom stereocenters. The van der Waals surface area contributed by atoms with E-state index in [0.717, 1.165) is 0 Å². The van der Waals surface area contributed by atoms with E-state index in [4.69, 9.17) is 4.74 Å². The molecule has 19 heavy (non-hydrogen) atoms. The lowest BCUT2D eigenvalue weighted by Gasteiger charge is -2.35. The first kappa shape index (κ1) is 16.0. The Bertz CT molecular complexity index is 355. The molecule has 0 radical (unpaired) electrons. The van der Waals surface area contributed by atoms with Crippen molar-refractivity contribution < 1.29 is 14.3 Å². The summed E-state index contributed by atoms with van der Waals surface area (Å²) in [5.41, 5.74) is -0.383. The van der Waals surface area contributed by atoms with Crippen molar-refractivity contribution in [1.82, 2.24) is 9.80 Å². The number of carbonyl (C=O) groups excluding carboxylic acids is 2. The van der Waals surface area contributed by atoms with Crippen LogP contribution in [0.15, 0.2) is 0 Å². The van der Waals surface area contributed by atoms with Crippen LogP contribution < -0.4 is 0 Å². The van der Waals surface area contributed by atoms with E-state index in [-0.39, 0.29) is 29.2 Å². The second kappa shape index (κ2) is 5.90. The van der Waals surface area contributed by atoms with Gasteiger partial charge in [0, 0.05) is 33.7 Å². The standard InChI is InChI=1S/C14H26N2O3/c1-10(2)12(17)16-8-11(13(18)15(4)5)7-14(16,3)9-19-6/h10-11H,7-9H2,1-6H3/t11-,14-/m0/s1. The van der Waals surface area contributed by atoms with Gasteiger partial charge in [-0.2, -0.15) is 0 Å². The molecule has 110 valence electrons. The number of nitrogens with zero attached hydrogens (tertiary/aromatic N) is 2. The van der Waals surface area contributed by atoms with Gasteiger partial charge in [0.1, 0.15) is 0 Å². The summed E-state index contributed by atoms with van der Waals surface area (Å²) in [6, 6.07) is 0. The van der Waals surface area contributed by atoms with Crippen molar-refractivity contribution in [2.45, 2.75) is 32.7 Å². The average molecular weight is 270 g/mol. The maximum atomic E-state index is 12.3. The Morgan fingerprint density at radius 1 is 1.42 bits per heavy atom. The van der Waals surface area contributed by atoms with Crippen LogP contribution in [0.5, 0.6) is 0 Å². The Hall–Kier alpha value is -1.10. The van der Waals surface area contributed by atoms with Gasteiger partial charge in [-0.25, -0.2) is 0 Å². The molecule has 0 aromatic carbocycles.